The van der Waals surface area contributed by atoms with E-state index >= 15 is 0 Å². The van der Waals surface area contributed by atoms with Gasteiger partial charge in [-0.05, 0) is 42.8 Å². The van der Waals surface area contributed by atoms with Crippen molar-refractivity contribution >= 4 is 27.5 Å². The Morgan fingerprint density at radius 1 is 1.09 bits per heavy atom. The molecule has 0 radical (unpaired) electrons. The monoisotopic (exact) mass is 386 g/mol. The zero-order valence-corrected chi connectivity index (χ0v) is 13.8. The summed E-state index contributed by atoms with van der Waals surface area (Å²) in [4.78, 5) is 11.8. The van der Waals surface area contributed by atoms with E-state index in [2.05, 4.69) is 26.6 Å². The van der Waals surface area contributed by atoms with Crippen LogP contribution in [0.15, 0.2) is 40.9 Å². The normalized spacial score (nSPS) is 12.0. The number of hydrogen-bond donors (Lipinski definition) is 2. The van der Waals surface area contributed by atoms with Crippen LogP contribution in [0.1, 0.15) is 18.5 Å². The molecule has 122 valence electrons. The first-order valence-electron chi connectivity index (χ1n) is 6.80. The van der Waals surface area contributed by atoms with Crippen LogP contribution in [-0.4, -0.2) is 12.5 Å². The van der Waals surface area contributed by atoms with Gasteiger partial charge >= 0.3 is 0 Å². The highest BCUT2D eigenvalue weighted by molar-refractivity contribution is 9.10. The van der Waals surface area contributed by atoms with Crippen molar-refractivity contribution in [1.82, 2.24) is 5.32 Å². The molecular weight excluding hydrogens is 373 g/mol. The molecule has 1 amide bonds. The summed E-state index contributed by atoms with van der Waals surface area (Å²) in [7, 11) is 0. The van der Waals surface area contributed by atoms with Gasteiger partial charge < -0.3 is 10.6 Å². The van der Waals surface area contributed by atoms with Crippen LogP contribution in [0.2, 0.25) is 0 Å². The van der Waals surface area contributed by atoms with Crippen LogP contribution in [0.4, 0.5) is 18.9 Å². The second-order valence-corrected chi connectivity index (χ2v) is 5.86. The number of nitrogens with one attached hydrogen (secondary N) is 2. The smallest absolute Gasteiger partial charge is 0.238 e. The number of carbonyl (C=O) groups excluding carboxylic acids is 1. The van der Waals surface area contributed by atoms with Crippen LogP contribution in [-0.2, 0) is 4.79 Å². The average Bonchev–Trinajstić information content (AvgIpc) is 2.50. The van der Waals surface area contributed by atoms with Gasteiger partial charge in [0.1, 0.15) is 5.82 Å². The molecule has 2 rings (SSSR count). The minimum absolute atomic E-state index is 0.0699. The summed E-state index contributed by atoms with van der Waals surface area (Å²) in [6, 6.07) is 7.45. The highest BCUT2D eigenvalue weighted by Gasteiger charge is 2.12. The molecule has 2 N–H and O–H groups in total. The lowest BCUT2D eigenvalue weighted by Crippen LogP contribution is -2.30. The molecule has 0 aliphatic carbocycles. The van der Waals surface area contributed by atoms with E-state index in [1.54, 1.807) is 13.0 Å². The lowest BCUT2D eigenvalue weighted by Gasteiger charge is -2.14. The van der Waals surface area contributed by atoms with Crippen LogP contribution in [0.3, 0.4) is 0 Å². The van der Waals surface area contributed by atoms with Crippen molar-refractivity contribution in [2.45, 2.75) is 13.0 Å². The summed E-state index contributed by atoms with van der Waals surface area (Å²) in [5.74, 6) is -2.87. The van der Waals surface area contributed by atoms with Crippen molar-refractivity contribution in [3.63, 3.8) is 0 Å². The maximum absolute atomic E-state index is 13.6. The molecule has 0 bridgehead atoms. The van der Waals surface area contributed by atoms with Crippen molar-refractivity contribution < 1.29 is 18.0 Å². The molecule has 0 aliphatic heterocycles. The fourth-order valence-electron chi connectivity index (χ4n) is 1.93. The Morgan fingerprint density at radius 2 is 1.83 bits per heavy atom. The van der Waals surface area contributed by atoms with Gasteiger partial charge in [-0.15, -0.1) is 0 Å². The number of benzene rings is 2. The zero-order valence-electron chi connectivity index (χ0n) is 12.2. The highest BCUT2D eigenvalue weighted by atomic mass is 79.9. The lowest BCUT2D eigenvalue weighted by atomic mass is 10.1. The molecule has 0 saturated carbocycles. The first-order valence-corrected chi connectivity index (χ1v) is 7.59. The summed E-state index contributed by atoms with van der Waals surface area (Å²) >= 11 is 3.13. The van der Waals surface area contributed by atoms with Gasteiger partial charge in [0.15, 0.2) is 11.6 Å². The quantitative estimate of drug-likeness (QED) is 0.809. The summed E-state index contributed by atoms with van der Waals surface area (Å²) in [5, 5.41) is 5.30. The summed E-state index contributed by atoms with van der Waals surface area (Å²) < 4.78 is 40.2. The fourth-order valence-corrected chi connectivity index (χ4v) is 2.26. The van der Waals surface area contributed by atoms with Gasteiger partial charge in [-0.2, -0.15) is 0 Å². The van der Waals surface area contributed by atoms with Crippen molar-refractivity contribution in [2.24, 2.45) is 0 Å². The Labute approximate surface area is 140 Å². The first kappa shape index (κ1) is 17.5. The maximum Gasteiger partial charge on any atom is 0.238 e. The van der Waals surface area contributed by atoms with E-state index in [-0.39, 0.29) is 18.3 Å². The molecule has 0 heterocycles. The van der Waals surface area contributed by atoms with E-state index in [1.807, 2.05) is 0 Å². The molecule has 0 fully saturated rings. The van der Waals surface area contributed by atoms with Gasteiger partial charge in [0.2, 0.25) is 5.91 Å². The number of carbonyl (C=O) groups is 1. The topological polar surface area (TPSA) is 41.1 Å². The fraction of sp³-hybridized carbons (Fsp3) is 0.188. The van der Waals surface area contributed by atoms with E-state index in [0.717, 1.165) is 12.1 Å². The number of rotatable bonds is 5. The molecule has 0 unspecified atom stereocenters. The highest BCUT2D eigenvalue weighted by Crippen LogP contribution is 2.19. The average molecular weight is 387 g/mol. The zero-order chi connectivity index (χ0) is 17.0. The molecule has 3 nitrogen and oxygen atoms in total. The van der Waals surface area contributed by atoms with E-state index < -0.39 is 23.4 Å². The number of anilines is 1. The standard InChI is InChI=1S/C16H14BrF3N2O/c1-9(10-2-4-12(18)13(19)6-10)21-8-16(23)22-15-5-3-11(17)7-14(15)20/h2-7,9,21H,8H2,1H3,(H,22,23)/t9-/m0/s1. The van der Waals surface area contributed by atoms with Gasteiger partial charge in [0.25, 0.3) is 0 Å². The molecule has 0 saturated heterocycles. The summed E-state index contributed by atoms with van der Waals surface area (Å²) in [6.45, 7) is 1.61. The van der Waals surface area contributed by atoms with Crippen LogP contribution in [0.25, 0.3) is 0 Å². The molecule has 1 atom stereocenters. The molecule has 0 aromatic heterocycles. The first-order chi connectivity index (χ1) is 10.9. The van der Waals surface area contributed by atoms with Gasteiger partial charge in [0, 0.05) is 10.5 Å². The van der Waals surface area contributed by atoms with E-state index in [4.69, 9.17) is 0 Å². The minimum Gasteiger partial charge on any atom is -0.322 e. The predicted octanol–water partition coefficient (Wildman–Crippen LogP) is 4.16. The number of amides is 1. The Kier molecular flexibility index (Phi) is 5.79. The van der Waals surface area contributed by atoms with E-state index in [1.165, 1.54) is 18.2 Å². The number of hydrogen-bond acceptors (Lipinski definition) is 2. The molecule has 2 aromatic carbocycles. The van der Waals surface area contributed by atoms with Crippen molar-refractivity contribution in [2.75, 3.05) is 11.9 Å². The van der Waals surface area contributed by atoms with E-state index in [9.17, 15) is 18.0 Å². The second kappa shape index (κ2) is 7.61. The third kappa shape index (κ3) is 4.80. The van der Waals surface area contributed by atoms with Gasteiger partial charge in [-0.25, -0.2) is 13.2 Å². The van der Waals surface area contributed by atoms with E-state index in [0.29, 0.717) is 10.0 Å². The third-order valence-electron chi connectivity index (χ3n) is 3.22. The Bertz CT molecular complexity index is 724. The second-order valence-electron chi connectivity index (χ2n) is 4.95. The molecule has 23 heavy (non-hydrogen) atoms. The maximum atomic E-state index is 13.6. The van der Waals surface area contributed by atoms with Gasteiger partial charge in [-0.3, -0.25) is 4.79 Å². The Balaban J connectivity index is 1.91. The SMILES string of the molecule is C[C@H](NCC(=O)Nc1ccc(Br)cc1F)c1ccc(F)c(F)c1. The minimum atomic E-state index is -0.947. The molecule has 7 heteroatoms. The summed E-state index contributed by atoms with van der Waals surface area (Å²) in [6.07, 6.45) is 0. The molecule has 2 aromatic rings. The van der Waals surface area contributed by atoms with Crippen molar-refractivity contribution in [3.8, 4) is 0 Å². The largest absolute Gasteiger partial charge is 0.322 e. The van der Waals surface area contributed by atoms with Gasteiger partial charge in [0.05, 0.1) is 12.2 Å². The van der Waals surface area contributed by atoms with Crippen molar-refractivity contribution in [3.05, 3.63) is 63.9 Å². The van der Waals surface area contributed by atoms with Crippen molar-refractivity contribution in [1.29, 1.82) is 0 Å². The lowest BCUT2D eigenvalue weighted by molar-refractivity contribution is -0.115. The Morgan fingerprint density at radius 3 is 2.48 bits per heavy atom. The van der Waals surface area contributed by atoms with Gasteiger partial charge in [-0.1, -0.05) is 22.0 Å². The van der Waals surface area contributed by atoms with Crippen LogP contribution in [0, 0.1) is 17.5 Å². The van der Waals surface area contributed by atoms with Crippen LogP contribution < -0.4 is 10.6 Å². The number of halogens is 4. The Hall–Kier alpha value is -1.86. The third-order valence-corrected chi connectivity index (χ3v) is 3.71. The molecule has 0 aliphatic rings. The summed E-state index contributed by atoms with van der Waals surface area (Å²) in [5.41, 5.74) is 0.576. The predicted molar refractivity (Wildman–Crippen MR) is 85.5 cm³/mol. The molecule has 0 spiro atoms. The van der Waals surface area contributed by atoms with Crippen LogP contribution in [0.5, 0.6) is 0 Å². The van der Waals surface area contributed by atoms with Crippen LogP contribution >= 0.6 is 15.9 Å². The molecular formula is C16H14BrF3N2O.